The van der Waals surface area contributed by atoms with Gasteiger partial charge in [0.1, 0.15) is 0 Å². The minimum Gasteiger partial charge on any atom is -0.252 e. The zero-order valence-electron chi connectivity index (χ0n) is 24.3. The van der Waals surface area contributed by atoms with E-state index in [1.807, 2.05) is 0 Å². The minimum atomic E-state index is -2.38. The molecular formula is C34H8F8N8. The molecule has 0 radical (unpaired) electrons. The second-order valence-electron chi connectivity index (χ2n) is 10.8. The van der Waals surface area contributed by atoms with Crippen molar-refractivity contribution in [2.24, 2.45) is 0 Å². The molecule has 240 valence electrons. The summed E-state index contributed by atoms with van der Waals surface area (Å²) in [6.45, 7) is 15.5. The van der Waals surface area contributed by atoms with Crippen molar-refractivity contribution in [3.8, 4) is 57.2 Å². The van der Waals surface area contributed by atoms with E-state index in [0.29, 0.717) is 12.1 Å². The Morgan fingerprint density at radius 2 is 1.02 bits per heavy atom. The van der Waals surface area contributed by atoms with Crippen molar-refractivity contribution in [3.63, 3.8) is 0 Å². The minimum absolute atomic E-state index is 0.0317. The summed E-state index contributed by atoms with van der Waals surface area (Å²) in [6.07, 6.45) is 1.30. The van der Waals surface area contributed by atoms with Crippen LogP contribution in [0.5, 0.6) is 0 Å². The highest BCUT2D eigenvalue weighted by Gasteiger charge is 2.36. The molecule has 5 aromatic rings. The summed E-state index contributed by atoms with van der Waals surface area (Å²) in [5, 5.41) is 20.0. The third-order valence-electron chi connectivity index (χ3n) is 8.21. The van der Waals surface area contributed by atoms with E-state index in [-0.39, 0.29) is 79.6 Å². The Morgan fingerprint density at radius 1 is 0.600 bits per heavy atom. The molecule has 50 heavy (non-hydrogen) atoms. The molecule has 2 aliphatic carbocycles. The molecule has 7 rings (SSSR count). The molecule has 16 heteroatoms. The first-order valence-electron chi connectivity index (χ1n) is 13.9. The number of nitriles is 2. The highest BCUT2D eigenvalue weighted by molar-refractivity contribution is 5.90. The topological polar surface area (TPSA) is 108 Å². The standard InChI is InChI=1S/C34H8F8N8/c1-45-18(7-43)22-12-5-16-33(47-9-20(49-16)11-3-14(35)27(37)15(36)4-11)24(12)23(19(8-44)46-2)13-6-17-34(25(13)22)48-10-21(50-17)26-28(38)30(40)32(42)31(41)29(26)39/h3-4,9-10H,5-6H2/b22-18+,23-19-. The highest BCUT2D eigenvalue weighted by atomic mass is 19.2. The van der Waals surface area contributed by atoms with Crippen molar-refractivity contribution >= 4 is 11.4 Å². The molecule has 0 atom stereocenters. The zero-order chi connectivity index (χ0) is 35.8. The second-order valence-corrected chi connectivity index (χ2v) is 10.8. The first-order chi connectivity index (χ1) is 23.9. The van der Waals surface area contributed by atoms with Gasteiger partial charge in [0.15, 0.2) is 40.7 Å². The number of hydrogen-bond acceptors (Lipinski definition) is 6. The van der Waals surface area contributed by atoms with Crippen LogP contribution < -0.4 is 10.4 Å². The molecule has 3 aromatic carbocycles. The van der Waals surface area contributed by atoms with Crippen LogP contribution in [-0.2, 0) is 12.8 Å². The SMILES string of the molecule is [C-]#[N+]/C(C#N)=c1/c2c(/c(=C(\C#N)[N+]#[C-])c3c1-c1ncc(-c4cc(F)c(F)c(F)c4)nc1C3)-c1ncc(-c3c(F)c(F)c(F)c(F)c3F)nc1C2. The van der Waals surface area contributed by atoms with Gasteiger partial charge in [-0.3, -0.25) is 9.97 Å². The third-order valence-corrected chi connectivity index (χ3v) is 8.21. The van der Waals surface area contributed by atoms with Crippen LogP contribution >= 0.6 is 0 Å². The smallest absolute Gasteiger partial charge is 0.252 e. The fourth-order valence-electron chi connectivity index (χ4n) is 6.17. The number of halogens is 8. The first-order valence-corrected chi connectivity index (χ1v) is 13.9. The van der Waals surface area contributed by atoms with Crippen LogP contribution in [-0.4, -0.2) is 19.9 Å². The molecule has 0 fully saturated rings. The van der Waals surface area contributed by atoms with Crippen LogP contribution in [0, 0.1) is 82.3 Å². The Bertz CT molecular complexity index is 2670. The first kappa shape index (κ1) is 31.6. The van der Waals surface area contributed by atoms with E-state index in [1.54, 1.807) is 12.1 Å². The maximum atomic E-state index is 14.7. The summed E-state index contributed by atoms with van der Waals surface area (Å²) in [6, 6.07) is 5.00. The molecule has 0 saturated heterocycles. The highest BCUT2D eigenvalue weighted by Crippen LogP contribution is 2.40. The molecule has 0 unspecified atom stereocenters. The zero-order valence-corrected chi connectivity index (χ0v) is 24.3. The van der Waals surface area contributed by atoms with E-state index < -0.39 is 69.2 Å². The predicted octanol–water partition coefficient (Wildman–Crippen LogP) is 5.96. The van der Waals surface area contributed by atoms with Gasteiger partial charge in [0.2, 0.25) is 5.82 Å². The van der Waals surface area contributed by atoms with Crippen molar-refractivity contribution in [1.82, 2.24) is 19.9 Å². The lowest BCUT2D eigenvalue weighted by atomic mass is 9.92. The lowest BCUT2D eigenvalue weighted by molar-refractivity contribution is 0.381. The van der Waals surface area contributed by atoms with E-state index in [2.05, 4.69) is 29.6 Å². The molecule has 0 bridgehead atoms. The number of hydrogen-bond donors (Lipinski definition) is 0. The summed E-state index contributed by atoms with van der Waals surface area (Å²) in [5.41, 5.74) is -2.79. The van der Waals surface area contributed by atoms with Gasteiger partial charge in [-0.25, -0.2) is 65.3 Å². The third kappa shape index (κ3) is 4.33. The predicted molar refractivity (Wildman–Crippen MR) is 155 cm³/mol. The largest absolute Gasteiger partial charge is 0.269 e. The Morgan fingerprint density at radius 3 is 1.46 bits per heavy atom. The van der Waals surface area contributed by atoms with Crippen molar-refractivity contribution in [2.75, 3.05) is 0 Å². The number of fused-ring (bicyclic) bond motifs is 6. The van der Waals surface area contributed by atoms with Gasteiger partial charge in [-0.1, -0.05) is 0 Å². The molecule has 2 heterocycles. The van der Waals surface area contributed by atoms with E-state index in [0.717, 1.165) is 12.4 Å². The van der Waals surface area contributed by atoms with Gasteiger partial charge in [-0.15, -0.1) is 0 Å². The van der Waals surface area contributed by atoms with Crippen LogP contribution in [0.3, 0.4) is 0 Å². The number of aromatic nitrogens is 4. The molecule has 0 N–H and O–H groups in total. The molecule has 2 aromatic heterocycles. The summed E-state index contributed by atoms with van der Waals surface area (Å²) >= 11 is 0. The average Bonchev–Trinajstić information content (AvgIpc) is 3.68. The maximum Gasteiger partial charge on any atom is 0.269 e. The summed E-state index contributed by atoms with van der Waals surface area (Å²) in [4.78, 5) is 23.8. The fourth-order valence-corrected chi connectivity index (χ4v) is 6.17. The van der Waals surface area contributed by atoms with Crippen LogP contribution in [0.2, 0.25) is 0 Å². The average molecular weight is 680 g/mol. The van der Waals surface area contributed by atoms with Crippen molar-refractivity contribution in [3.05, 3.63) is 127 Å². The molecule has 8 nitrogen and oxygen atoms in total. The fraction of sp³-hybridized carbons (Fsp3) is 0.0588. The number of benzene rings is 3. The molecule has 0 aliphatic heterocycles. The van der Waals surface area contributed by atoms with Crippen LogP contribution in [0.4, 0.5) is 35.1 Å². The van der Waals surface area contributed by atoms with Gasteiger partial charge in [0.25, 0.3) is 11.4 Å². The van der Waals surface area contributed by atoms with Gasteiger partial charge in [-0.2, -0.15) is 0 Å². The van der Waals surface area contributed by atoms with Crippen LogP contribution in [0.1, 0.15) is 22.5 Å². The molecule has 0 saturated carbocycles. The van der Waals surface area contributed by atoms with E-state index in [4.69, 9.17) is 13.1 Å². The Labute approximate surface area is 273 Å². The van der Waals surface area contributed by atoms with E-state index in [1.165, 1.54) is 0 Å². The molecule has 2 aliphatic rings. The maximum absolute atomic E-state index is 14.7. The Balaban J connectivity index is 1.53. The van der Waals surface area contributed by atoms with Gasteiger partial charge in [0, 0.05) is 40.0 Å². The Hall–Kier alpha value is -7.04. The molecule has 0 amide bonds. The number of nitrogens with zero attached hydrogens (tertiary/aromatic N) is 8. The lowest BCUT2D eigenvalue weighted by Crippen LogP contribution is -2.26. The quantitative estimate of drug-likeness (QED) is 0.0966. The number of rotatable bonds is 2. The lowest BCUT2D eigenvalue weighted by Gasteiger charge is -2.12. The van der Waals surface area contributed by atoms with Gasteiger partial charge >= 0.3 is 0 Å². The van der Waals surface area contributed by atoms with Crippen molar-refractivity contribution < 1.29 is 35.1 Å². The summed E-state index contributed by atoms with van der Waals surface area (Å²) in [5.74, 6) is -15.8. The summed E-state index contributed by atoms with van der Waals surface area (Å²) in [7, 11) is 0. The Kier molecular flexibility index (Phi) is 7.13. The molecule has 0 spiro atoms. The van der Waals surface area contributed by atoms with E-state index in [9.17, 15) is 45.6 Å². The van der Waals surface area contributed by atoms with E-state index >= 15 is 0 Å². The summed E-state index contributed by atoms with van der Waals surface area (Å²) < 4.78 is 113. The normalized spacial score (nSPS) is 13.2. The van der Waals surface area contributed by atoms with Gasteiger partial charge in [0.05, 0.1) is 77.4 Å². The van der Waals surface area contributed by atoms with Crippen molar-refractivity contribution in [2.45, 2.75) is 12.8 Å². The van der Waals surface area contributed by atoms with Gasteiger partial charge in [-0.05, 0) is 23.3 Å². The van der Waals surface area contributed by atoms with Crippen LogP contribution in [0.15, 0.2) is 24.5 Å². The van der Waals surface area contributed by atoms with Crippen molar-refractivity contribution in [1.29, 1.82) is 10.5 Å². The monoisotopic (exact) mass is 680 g/mol. The van der Waals surface area contributed by atoms with Gasteiger partial charge < -0.3 is 0 Å². The van der Waals surface area contributed by atoms with Crippen LogP contribution in [0.25, 0.3) is 66.1 Å². The second kappa shape index (κ2) is 11.3. The molecular weight excluding hydrogens is 672 g/mol.